The normalized spacial score (nSPS) is 14.7. The fraction of sp³-hybridized carbons (Fsp3) is 0.415. The minimum absolute atomic E-state index is 0.0437. The zero-order valence-corrected chi connectivity index (χ0v) is 29.1. The molecule has 1 heterocycles. The topological polar surface area (TPSA) is 56.1 Å². The second-order valence-electron chi connectivity index (χ2n) is 14.3. The molecule has 0 saturated carbocycles. The van der Waals surface area contributed by atoms with Gasteiger partial charge in [-0.05, 0) is 114 Å². The number of allylic oxidation sites excluding steroid dienone is 1. The maximum atomic E-state index is 13.5. The first kappa shape index (κ1) is 34.2. The summed E-state index contributed by atoms with van der Waals surface area (Å²) in [6.45, 7) is 13.2. The maximum Gasteiger partial charge on any atom is 0.230 e. The van der Waals surface area contributed by atoms with Crippen LogP contribution in [-0.4, -0.2) is 22.1 Å². The van der Waals surface area contributed by atoms with Crippen molar-refractivity contribution in [2.24, 2.45) is 18.4 Å². The number of halogens is 1. The fourth-order valence-corrected chi connectivity index (χ4v) is 6.58. The molecular weight excluding hydrogens is 585 g/mol. The molecule has 1 amide bonds. The van der Waals surface area contributed by atoms with Gasteiger partial charge in [0.2, 0.25) is 5.91 Å². The summed E-state index contributed by atoms with van der Waals surface area (Å²) < 4.78 is 21.8. The van der Waals surface area contributed by atoms with E-state index in [2.05, 4.69) is 85.0 Å². The standard InChI is InChI=1S/C41H50FN3O2/c1-27(2)35-10-8-11-36(28(3)4)38(35)44-40(46)41(5,6)20-9-23-47-34-19-16-30-24-31(15-12-29-13-17-33(42)18-14-29)37(26-32(30)25-34)39-43-21-22-45(39)7/h8,10-11,13-14,16-19,21-22,25-28,31H,9,12,15,20,23-24H2,1-7H3,(H,44,46). The third kappa shape index (κ3) is 8.22. The Morgan fingerprint density at radius 3 is 2.38 bits per heavy atom. The number of nitrogens with zero attached hydrogens (tertiary/aromatic N) is 2. The van der Waals surface area contributed by atoms with Gasteiger partial charge in [0.15, 0.2) is 0 Å². The monoisotopic (exact) mass is 635 g/mol. The number of hydrogen-bond donors (Lipinski definition) is 1. The van der Waals surface area contributed by atoms with Crippen LogP contribution in [0.1, 0.15) is 106 Å². The van der Waals surface area contributed by atoms with Crippen molar-refractivity contribution in [2.75, 3.05) is 11.9 Å². The summed E-state index contributed by atoms with van der Waals surface area (Å²) in [6, 6.07) is 19.5. The Hall–Kier alpha value is -4.19. The molecule has 5 nitrogen and oxygen atoms in total. The van der Waals surface area contributed by atoms with E-state index in [0.29, 0.717) is 30.8 Å². The fourth-order valence-electron chi connectivity index (χ4n) is 6.58. The van der Waals surface area contributed by atoms with Crippen LogP contribution in [0.4, 0.5) is 10.1 Å². The summed E-state index contributed by atoms with van der Waals surface area (Å²) in [5, 5.41) is 3.31. The SMILES string of the molecule is CC(C)c1cccc(C(C)C)c1NC(=O)C(C)(C)CCCOc1ccc2c(c1)C=C(c1nccn1C)C(CCc1ccc(F)cc1)C2. The van der Waals surface area contributed by atoms with E-state index in [1.807, 2.05) is 45.4 Å². The first-order valence-electron chi connectivity index (χ1n) is 17.1. The summed E-state index contributed by atoms with van der Waals surface area (Å²) in [5.41, 5.74) is 7.59. The highest BCUT2D eigenvalue weighted by molar-refractivity contribution is 5.96. The lowest BCUT2D eigenvalue weighted by atomic mass is 9.80. The smallest absolute Gasteiger partial charge is 0.230 e. The molecule has 6 heteroatoms. The predicted octanol–water partition coefficient (Wildman–Crippen LogP) is 9.98. The number of benzene rings is 3. The number of ether oxygens (including phenoxy) is 1. The molecule has 0 fully saturated rings. The number of rotatable bonds is 13. The van der Waals surface area contributed by atoms with Crippen LogP contribution < -0.4 is 10.1 Å². The highest BCUT2D eigenvalue weighted by Gasteiger charge is 2.29. The molecule has 3 aromatic carbocycles. The van der Waals surface area contributed by atoms with Gasteiger partial charge in [-0.1, -0.05) is 77.9 Å². The molecule has 47 heavy (non-hydrogen) atoms. The van der Waals surface area contributed by atoms with Crippen LogP contribution in [0, 0.1) is 17.2 Å². The molecule has 0 aliphatic heterocycles. The minimum Gasteiger partial charge on any atom is -0.494 e. The van der Waals surface area contributed by atoms with Gasteiger partial charge in [0.25, 0.3) is 0 Å². The molecule has 0 bridgehead atoms. The molecule has 1 atom stereocenters. The number of anilines is 1. The molecule has 4 aromatic rings. The molecular formula is C41H50FN3O2. The van der Waals surface area contributed by atoms with Crippen LogP contribution in [0.5, 0.6) is 5.75 Å². The minimum atomic E-state index is -0.541. The van der Waals surface area contributed by atoms with Crippen LogP contribution in [0.15, 0.2) is 73.1 Å². The summed E-state index contributed by atoms with van der Waals surface area (Å²) in [7, 11) is 2.03. The van der Waals surface area contributed by atoms with E-state index in [4.69, 9.17) is 4.74 Å². The van der Waals surface area contributed by atoms with Crippen LogP contribution in [-0.2, 0) is 24.7 Å². The lowest BCUT2D eigenvalue weighted by Gasteiger charge is -2.27. The molecule has 1 aliphatic carbocycles. The van der Waals surface area contributed by atoms with Gasteiger partial charge in [0.1, 0.15) is 17.4 Å². The summed E-state index contributed by atoms with van der Waals surface area (Å²) >= 11 is 0. The summed E-state index contributed by atoms with van der Waals surface area (Å²) in [5.74, 6) is 2.59. The van der Waals surface area contributed by atoms with Crippen molar-refractivity contribution >= 4 is 23.2 Å². The largest absolute Gasteiger partial charge is 0.494 e. The molecule has 1 aliphatic rings. The Balaban J connectivity index is 1.22. The van der Waals surface area contributed by atoms with Gasteiger partial charge in [0.05, 0.1) is 6.61 Å². The van der Waals surface area contributed by atoms with E-state index < -0.39 is 5.41 Å². The average Bonchev–Trinajstić information content (AvgIpc) is 3.47. The number of fused-ring (bicyclic) bond motifs is 1. The maximum absolute atomic E-state index is 13.5. The van der Waals surface area contributed by atoms with Crippen molar-refractivity contribution < 1.29 is 13.9 Å². The van der Waals surface area contributed by atoms with Crippen molar-refractivity contribution in [1.82, 2.24) is 9.55 Å². The lowest BCUT2D eigenvalue weighted by Crippen LogP contribution is -2.32. The Kier molecular flexibility index (Phi) is 10.7. The average molecular weight is 636 g/mol. The van der Waals surface area contributed by atoms with Crippen LogP contribution in [0.3, 0.4) is 0 Å². The van der Waals surface area contributed by atoms with Gasteiger partial charge >= 0.3 is 0 Å². The summed E-state index contributed by atoms with van der Waals surface area (Å²) in [4.78, 5) is 18.2. The van der Waals surface area contributed by atoms with Crippen molar-refractivity contribution in [1.29, 1.82) is 0 Å². The van der Waals surface area contributed by atoms with Crippen molar-refractivity contribution in [3.63, 3.8) is 0 Å². The first-order valence-corrected chi connectivity index (χ1v) is 17.1. The van der Waals surface area contributed by atoms with E-state index >= 15 is 0 Å². The Morgan fingerprint density at radius 2 is 1.74 bits per heavy atom. The molecule has 0 radical (unpaired) electrons. The Morgan fingerprint density at radius 1 is 1.04 bits per heavy atom. The van der Waals surface area contributed by atoms with Gasteiger partial charge in [-0.2, -0.15) is 0 Å². The van der Waals surface area contributed by atoms with Crippen LogP contribution in [0.2, 0.25) is 0 Å². The number of aromatic nitrogens is 2. The van der Waals surface area contributed by atoms with Gasteiger partial charge in [-0.15, -0.1) is 0 Å². The molecule has 1 N–H and O–H groups in total. The molecule has 1 aromatic heterocycles. The number of amides is 1. The van der Waals surface area contributed by atoms with Crippen LogP contribution in [0.25, 0.3) is 11.6 Å². The first-order chi connectivity index (χ1) is 22.4. The molecule has 248 valence electrons. The highest BCUT2D eigenvalue weighted by atomic mass is 19.1. The number of para-hydroxylation sites is 1. The Bertz CT molecular complexity index is 1690. The number of aryl methyl sites for hydroxylation is 2. The summed E-state index contributed by atoms with van der Waals surface area (Å²) in [6.07, 6.45) is 10.3. The van der Waals surface area contributed by atoms with Crippen molar-refractivity contribution in [3.05, 3.63) is 113 Å². The molecule has 5 rings (SSSR count). The zero-order valence-electron chi connectivity index (χ0n) is 29.1. The van der Waals surface area contributed by atoms with E-state index in [9.17, 15) is 9.18 Å². The highest BCUT2D eigenvalue weighted by Crippen LogP contribution is 2.39. The third-order valence-corrected chi connectivity index (χ3v) is 9.55. The molecule has 1 unspecified atom stereocenters. The Labute approximate surface area is 280 Å². The second kappa shape index (κ2) is 14.7. The number of hydrogen-bond acceptors (Lipinski definition) is 3. The zero-order chi connectivity index (χ0) is 33.7. The van der Waals surface area contributed by atoms with E-state index in [-0.39, 0.29) is 11.7 Å². The van der Waals surface area contributed by atoms with E-state index in [1.54, 1.807) is 0 Å². The molecule has 0 saturated heterocycles. The van der Waals surface area contributed by atoms with Crippen molar-refractivity contribution in [2.45, 2.75) is 85.5 Å². The predicted molar refractivity (Wildman–Crippen MR) is 191 cm³/mol. The second-order valence-corrected chi connectivity index (χ2v) is 14.3. The van der Waals surface area contributed by atoms with Gasteiger partial charge < -0.3 is 14.6 Å². The van der Waals surface area contributed by atoms with Crippen LogP contribution >= 0.6 is 0 Å². The third-order valence-electron chi connectivity index (χ3n) is 9.55. The van der Waals surface area contributed by atoms with Crippen molar-refractivity contribution in [3.8, 4) is 5.75 Å². The van der Waals surface area contributed by atoms with E-state index in [1.165, 1.54) is 34.4 Å². The van der Waals surface area contributed by atoms with Gasteiger partial charge in [-0.25, -0.2) is 9.37 Å². The number of nitrogens with one attached hydrogen (secondary N) is 1. The lowest BCUT2D eigenvalue weighted by molar-refractivity contribution is -0.124. The quantitative estimate of drug-likeness (QED) is 0.149. The van der Waals surface area contributed by atoms with E-state index in [0.717, 1.165) is 54.1 Å². The number of carbonyl (C=O) groups is 1. The number of carbonyl (C=O) groups excluding carboxylic acids is 1. The van der Waals surface area contributed by atoms with Gasteiger partial charge in [0, 0.05) is 30.5 Å². The van der Waals surface area contributed by atoms with Gasteiger partial charge in [-0.3, -0.25) is 4.79 Å². The molecule has 0 spiro atoms. The number of imidazole rings is 1.